The van der Waals surface area contributed by atoms with Gasteiger partial charge in [0.05, 0.1) is 0 Å². The van der Waals surface area contributed by atoms with Crippen molar-refractivity contribution in [3.05, 3.63) is 0 Å². The zero-order valence-electron chi connectivity index (χ0n) is 12.9. The van der Waals surface area contributed by atoms with Crippen molar-refractivity contribution in [3.63, 3.8) is 0 Å². The lowest BCUT2D eigenvalue weighted by atomic mass is 9.64. The highest BCUT2D eigenvalue weighted by molar-refractivity contribution is 4.88. The zero-order chi connectivity index (χ0) is 13.8. The molecule has 0 aliphatic heterocycles. The molecule has 0 aromatic carbocycles. The first-order valence-electron chi connectivity index (χ1n) is 7.88. The van der Waals surface area contributed by atoms with Crippen molar-refractivity contribution < 1.29 is 0 Å². The van der Waals surface area contributed by atoms with Crippen LogP contribution in [0.2, 0.25) is 0 Å². The van der Waals surface area contributed by atoms with Gasteiger partial charge in [-0.1, -0.05) is 33.6 Å². The van der Waals surface area contributed by atoms with Crippen LogP contribution in [0.25, 0.3) is 0 Å². The van der Waals surface area contributed by atoms with Gasteiger partial charge in [-0.25, -0.2) is 0 Å². The molecule has 108 valence electrons. The highest BCUT2D eigenvalue weighted by Gasteiger charge is 2.35. The molecule has 2 heteroatoms. The number of nitrogens with two attached hydrogens (primary N) is 2. The molecular weight excluding hydrogens is 220 g/mol. The van der Waals surface area contributed by atoms with Crippen molar-refractivity contribution in [2.24, 2.45) is 28.7 Å². The maximum absolute atomic E-state index is 6.22. The Morgan fingerprint density at radius 1 is 1.28 bits per heavy atom. The van der Waals surface area contributed by atoms with Gasteiger partial charge in [0.2, 0.25) is 0 Å². The maximum atomic E-state index is 6.22. The molecular formula is C16H34N2. The lowest BCUT2D eigenvalue weighted by molar-refractivity contribution is 0.0992. The van der Waals surface area contributed by atoms with Crippen LogP contribution < -0.4 is 11.5 Å². The van der Waals surface area contributed by atoms with Gasteiger partial charge in [0.15, 0.2) is 0 Å². The van der Waals surface area contributed by atoms with Crippen LogP contribution in [0.5, 0.6) is 0 Å². The first-order valence-corrected chi connectivity index (χ1v) is 7.88. The van der Waals surface area contributed by atoms with Crippen molar-refractivity contribution in [2.45, 2.75) is 84.7 Å². The minimum absolute atomic E-state index is 0.351. The molecule has 2 nitrogen and oxygen atoms in total. The molecule has 1 fully saturated rings. The van der Waals surface area contributed by atoms with Gasteiger partial charge in [0.1, 0.15) is 0 Å². The van der Waals surface area contributed by atoms with E-state index in [-0.39, 0.29) is 0 Å². The van der Waals surface area contributed by atoms with E-state index in [9.17, 15) is 0 Å². The summed E-state index contributed by atoms with van der Waals surface area (Å²) in [5, 5.41) is 0. The molecule has 0 bridgehead atoms. The van der Waals surface area contributed by atoms with E-state index < -0.39 is 0 Å². The molecule has 18 heavy (non-hydrogen) atoms. The first kappa shape index (κ1) is 16.0. The van der Waals surface area contributed by atoms with Crippen LogP contribution in [0.15, 0.2) is 0 Å². The lowest BCUT2D eigenvalue weighted by Crippen LogP contribution is -2.40. The fourth-order valence-corrected chi connectivity index (χ4v) is 3.55. The van der Waals surface area contributed by atoms with Gasteiger partial charge in [0.25, 0.3) is 0 Å². The Hall–Kier alpha value is -0.0800. The van der Waals surface area contributed by atoms with Crippen LogP contribution in [0.4, 0.5) is 0 Å². The quantitative estimate of drug-likeness (QED) is 0.759. The first-order chi connectivity index (χ1) is 8.36. The fraction of sp³-hybridized carbons (Fsp3) is 1.00. The number of hydrogen-bond donors (Lipinski definition) is 2. The molecule has 0 aromatic rings. The van der Waals surface area contributed by atoms with Crippen LogP contribution in [0, 0.1) is 17.3 Å². The maximum Gasteiger partial charge on any atom is 0.00672 e. The normalized spacial score (nSPS) is 31.3. The molecule has 0 radical (unpaired) electrons. The van der Waals surface area contributed by atoms with Gasteiger partial charge in [-0.2, -0.15) is 0 Å². The van der Waals surface area contributed by atoms with Crippen LogP contribution in [-0.2, 0) is 0 Å². The molecule has 0 heterocycles. The van der Waals surface area contributed by atoms with E-state index in [1.54, 1.807) is 0 Å². The summed E-state index contributed by atoms with van der Waals surface area (Å²) in [4.78, 5) is 0. The van der Waals surface area contributed by atoms with Gasteiger partial charge >= 0.3 is 0 Å². The number of rotatable bonds is 6. The van der Waals surface area contributed by atoms with E-state index in [2.05, 4.69) is 27.7 Å². The molecule has 1 aliphatic rings. The second-order valence-corrected chi connectivity index (χ2v) is 7.20. The van der Waals surface area contributed by atoms with E-state index in [1.807, 2.05) is 0 Å². The highest BCUT2D eigenvalue weighted by Crippen LogP contribution is 2.43. The average molecular weight is 254 g/mol. The molecule has 1 rings (SSSR count). The van der Waals surface area contributed by atoms with Crippen molar-refractivity contribution in [1.29, 1.82) is 0 Å². The molecule has 4 N–H and O–H groups in total. The minimum Gasteiger partial charge on any atom is -0.328 e. The summed E-state index contributed by atoms with van der Waals surface area (Å²) in [6.07, 6.45) is 8.86. The third-order valence-corrected chi connectivity index (χ3v) is 5.15. The standard InChI is InChI=1S/C16H34N2/c1-5-13-11-14(8-9-15(13)18)16(3,4)10-6-7-12(2)17/h12-15H,5-11,17-18H2,1-4H3. The molecule has 0 spiro atoms. The predicted octanol–water partition coefficient (Wildman–Crippen LogP) is 3.68. The monoisotopic (exact) mass is 254 g/mol. The Morgan fingerprint density at radius 2 is 1.94 bits per heavy atom. The Balaban J connectivity index is 2.46. The van der Waals surface area contributed by atoms with Crippen molar-refractivity contribution in [2.75, 3.05) is 0 Å². The molecule has 4 atom stereocenters. The smallest absolute Gasteiger partial charge is 0.00672 e. The molecule has 0 amide bonds. The highest BCUT2D eigenvalue weighted by atomic mass is 14.7. The van der Waals surface area contributed by atoms with Gasteiger partial charge in [-0.15, -0.1) is 0 Å². The predicted molar refractivity (Wildman–Crippen MR) is 80.4 cm³/mol. The van der Waals surface area contributed by atoms with E-state index in [1.165, 1.54) is 38.5 Å². The second kappa shape index (κ2) is 6.91. The minimum atomic E-state index is 0.351. The Kier molecular flexibility index (Phi) is 6.13. The van der Waals surface area contributed by atoms with E-state index in [0.29, 0.717) is 17.5 Å². The lowest BCUT2D eigenvalue weighted by Gasteiger charge is -2.42. The SMILES string of the molecule is CCC1CC(C(C)(C)CCCC(C)N)CCC1N. The summed E-state index contributed by atoms with van der Waals surface area (Å²) >= 11 is 0. The van der Waals surface area contributed by atoms with Crippen LogP contribution in [0.1, 0.15) is 72.6 Å². The topological polar surface area (TPSA) is 52.0 Å². The molecule has 1 saturated carbocycles. The summed E-state index contributed by atoms with van der Waals surface area (Å²) in [5.41, 5.74) is 12.5. The Bertz CT molecular complexity index is 235. The summed E-state index contributed by atoms with van der Waals surface area (Å²) in [6, 6.07) is 0.801. The molecule has 4 unspecified atom stereocenters. The third kappa shape index (κ3) is 4.55. The zero-order valence-corrected chi connectivity index (χ0v) is 12.9. The van der Waals surface area contributed by atoms with Gasteiger partial charge in [-0.05, 0) is 56.3 Å². The van der Waals surface area contributed by atoms with Gasteiger partial charge in [0, 0.05) is 12.1 Å². The third-order valence-electron chi connectivity index (χ3n) is 5.15. The van der Waals surface area contributed by atoms with E-state index in [4.69, 9.17) is 11.5 Å². The van der Waals surface area contributed by atoms with Crippen molar-refractivity contribution in [1.82, 2.24) is 0 Å². The average Bonchev–Trinajstić information content (AvgIpc) is 2.28. The Morgan fingerprint density at radius 3 is 2.50 bits per heavy atom. The van der Waals surface area contributed by atoms with Gasteiger partial charge < -0.3 is 11.5 Å². The molecule has 0 saturated heterocycles. The van der Waals surface area contributed by atoms with Crippen molar-refractivity contribution >= 4 is 0 Å². The fourth-order valence-electron chi connectivity index (χ4n) is 3.55. The number of hydrogen-bond acceptors (Lipinski definition) is 2. The van der Waals surface area contributed by atoms with Crippen LogP contribution >= 0.6 is 0 Å². The summed E-state index contributed by atoms with van der Waals surface area (Å²) in [6.45, 7) is 9.29. The summed E-state index contributed by atoms with van der Waals surface area (Å²) < 4.78 is 0. The van der Waals surface area contributed by atoms with Gasteiger partial charge in [-0.3, -0.25) is 0 Å². The summed E-state index contributed by atoms with van der Waals surface area (Å²) in [5.74, 6) is 1.60. The van der Waals surface area contributed by atoms with Crippen LogP contribution in [0.3, 0.4) is 0 Å². The van der Waals surface area contributed by atoms with Crippen molar-refractivity contribution in [3.8, 4) is 0 Å². The van der Waals surface area contributed by atoms with E-state index >= 15 is 0 Å². The molecule has 0 aromatic heterocycles. The van der Waals surface area contributed by atoms with Crippen LogP contribution in [-0.4, -0.2) is 12.1 Å². The second-order valence-electron chi connectivity index (χ2n) is 7.20. The molecule has 1 aliphatic carbocycles. The Labute approximate surface area is 114 Å². The van der Waals surface area contributed by atoms with E-state index in [0.717, 1.165) is 18.3 Å². The summed E-state index contributed by atoms with van der Waals surface area (Å²) in [7, 11) is 0. The largest absolute Gasteiger partial charge is 0.328 e.